The highest BCUT2D eigenvalue weighted by Gasteiger charge is 2.09. The number of allylic oxidation sites excluding steroid dienone is 1. The zero-order valence-corrected chi connectivity index (χ0v) is 14.4. The van der Waals surface area contributed by atoms with Crippen LogP contribution in [0.5, 0.6) is 5.75 Å². The van der Waals surface area contributed by atoms with Crippen LogP contribution >= 0.6 is 0 Å². The minimum atomic E-state index is -0.222. The number of carbonyl (C=O) groups is 1. The molecule has 0 spiro atoms. The van der Waals surface area contributed by atoms with Crippen LogP contribution in [0.4, 0.5) is 0 Å². The zero-order valence-electron chi connectivity index (χ0n) is 14.4. The molecule has 126 valence electrons. The van der Waals surface area contributed by atoms with E-state index in [0.29, 0.717) is 16.9 Å². The van der Waals surface area contributed by atoms with Crippen molar-refractivity contribution in [3.8, 4) is 5.75 Å². The Kier molecular flexibility index (Phi) is 4.52. The standard InChI is InChI=1S/C21H19NO3/c1-13-10-16-12-15(21(24)22-18(16)11-14(13)2)8-9-19(23)17-6-4-5-7-20(17)25-3/h4-12H,1-3H3,(H,22,24)/b9-8+. The molecule has 0 aliphatic heterocycles. The normalized spacial score (nSPS) is 11.2. The molecule has 0 fully saturated rings. The highest BCUT2D eigenvalue weighted by atomic mass is 16.5. The van der Waals surface area contributed by atoms with Gasteiger partial charge in [0.25, 0.3) is 5.56 Å². The maximum atomic E-state index is 12.4. The molecule has 0 aliphatic rings. The number of methoxy groups -OCH3 is 1. The molecular weight excluding hydrogens is 314 g/mol. The molecule has 3 aromatic rings. The summed E-state index contributed by atoms with van der Waals surface area (Å²) >= 11 is 0. The molecule has 1 heterocycles. The summed E-state index contributed by atoms with van der Waals surface area (Å²) in [6.07, 6.45) is 2.94. The van der Waals surface area contributed by atoms with Crippen LogP contribution in [-0.2, 0) is 0 Å². The molecule has 3 rings (SSSR count). The third-order valence-electron chi connectivity index (χ3n) is 4.27. The van der Waals surface area contributed by atoms with Gasteiger partial charge in [0.05, 0.1) is 12.7 Å². The average Bonchev–Trinajstić information content (AvgIpc) is 2.61. The van der Waals surface area contributed by atoms with Gasteiger partial charge in [0.2, 0.25) is 0 Å². The third kappa shape index (κ3) is 3.38. The first-order chi connectivity index (χ1) is 12.0. The molecule has 4 nitrogen and oxygen atoms in total. The smallest absolute Gasteiger partial charge is 0.255 e. The lowest BCUT2D eigenvalue weighted by Gasteiger charge is -2.05. The van der Waals surface area contributed by atoms with Gasteiger partial charge in [-0.05, 0) is 72.8 Å². The molecule has 0 atom stereocenters. The van der Waals surface area contributed by atoms with Crippen LogP contribution < -0.4 is 10.3 Å². The number of ether oxygens (including phenoxy) is 1. The molecule has 0 saturated heterocycles. The molecule has 0 bridgehead atoms. The molecule has 0 saturated carbocycles. The number of pyridine rings is 1. The SMILES string of the molecule is COc1ccccc1C(=O)/C=C/c1cc2cc(C)c(C)cc2[nH]c1=O. The van der Waals surface area contributed by atoms with Crippen molar-refractivity contribution in [2.45, 2.75) is 13.8 Å². The fourth-order valence-electron chi connectivity index (χ4n) is 2.72. The van der Waals surface area contributed by atoms with Crippen LogP contribution in [0.3, 0.4) is 0 Å². The number of carbonyl (C=O) groups excluding carboxylic acids is 1. The van der Waals surface area contributed by atoms with Crippen LogP contribution in [0.2, 0.25) is 0 Å². The van der Waals surface area contributed by atoms with Crippen molar-refractivity contribution < 1.29 is 9.53 Å². The van der Waals surface area contributed by atoms with E-state index in [1.165, 1.54) is 13.2 Å². The van der Waals surface area contributed by atoms with Crippen molar-refractivity contribution in [1.29, 1.82) is 0 Å². The molecule has 1 N–H and O–H groups in total. The van der Waals surface area contributed by atoms with Gasteiger partial charge < -0.3 is 9.72 Å². The fourth-order valence-corrected chi connectivity index (χ4v) is 2.72. The van der Waals surface area contributed by atoms with Crippen molar-refractivity contribution >= 4 is 22.8 Å². The Morgan fingerprint density at radius 2 is 1.80 bits per heavy atom. The highest BCUT2D eigenvalue weighted by molar-refractivity contribution is 6.08. The number of H-pyrrole nitrogens is 1. The molecule has 0 aliphatic carbocycles. The van der Waals surface area contributed by atoms with Gasteiger partial charge in [-0.25, -0.2) is 0 Å². The summed E-state index contributed by atoms with van der Waals surface area (Å²) in [5.41, 5.74) is 3.75. The molecule has 1 aromatic heterocycles. The van der Waals surface area contributed by atoms with Gasteiger partial charge in [-0.15, -0.1) is 0 Å². The van der Waals surface area contributed by atoms with Crippen molar-refractivity contribution in [2.75, 3.05) is 7.11 Å². The molecule has 0 amide bonds. The minimum Gasteiger partial charge on any atom is -0.496 e. The van der Waals surface area contributed by atoms with Crippen LogP contribution in [-0.4, -0.2) is 17.9 Å². The van der Waals surface area contributed by atoms with E-state index in [1.807, 2.05) is 26.0 Å². The number of nitrogens with one attached hydrogen (secondary N) is 1. The van der Waals surface area contributed by atoms with Gasteiger partial charge in [0.1, 0.15) is 5.75 Å². The number of aryl methyl sites for hydroxylation is 2. The van der Waals surface area contributed by atoms with E-state index in [4.69, 9.17) is 4.74 Å². The van der Waals surface area contributed by atoms with E-state index >= 15 is 0 Å². The van der Waals surface area contributed by atoms with E-state index in [-0.39, 0.29) is 11.3 Å². The summed E-state index contributed by atoms with van der Waals surface area (Å²) in [5.74, 6) is 0.299. The van der Waals surface area contributed by atoms with Crippen LogP contribution in [0.25, 0.3) is 17.0 Å². The van der Waals surface area contributed by atoms with Crippen molar-refractivity contribution in [2.24, 2.45) is 0 Å². The summed E-state index contributed by atoms with van der Waals surface area (Å²) in [5, 5.41) is 0.937. The summed E-state index contributed by atoms with van der Waals surface area (Å²) in [4.78, 5) is 27.5. The summed E-state index contributed by atoms with van der Waals surface area (Å²) in [6, 6.07) is 12.8. The number of benzene rings is 2. The molecule has 0 radical (unpaired) electrons. The second-order valence-corrected chi connectivity index (χ2v) is 5.98. The first kappa shape index (κ1) is 16.7. The van der Waals surface area contributed by atoms with Gasteiger partial charge in [-0.2, -0.15) is 0 Å². The van der Waals surface area contributed by atoms with Crippen LogP contribution in [0.15, 0.2) is 53.3 Å². The fraction of sp³-hybridized carbons (Fsp3) is 0.143. The van der Waals surface area contributed by atoms with Crippen molar-refractivity contribution in [3.63, 3.8) is 0 Å². The van der Waals surface area contributed by atoms with Crippen LogP contribution in [0.1, 0.15) is 27.0 Å². The van der Waals surface area contributed by atoms with E-state index in [9.17, 15) is 9.59 Å². The van der Waals surface area contributed by atoms with Gasteiger partial charge in [-0.3, -0.25) is 9.59 Å². The van der Waals surface area contributed by atoms with Crippen LogP contribution in [0, 0.1) is 13.8 Å². The second kappa shape index (κ2) is 6.77. The van der Waals surface area contributed by atoms with Gasteiger partial charge in [-0.1, -0.05) is 12.1 Å². The lowest BCUT2D eigenvalue weighted by atomic mass is 10.0. The Morgan fingerprint density at radius 3 is 2.56 bits per heavy atom. The molecule has 4 heteroatoms. The maximum absolute atomic E-state index is 12.4. The number of ketones is 1. The lowest BCUT2D eigenvalue weighted by Crippen LogP contribution is -2.09. The van der Waals surface area contributed by atoms with E-state index in [2.05, 4.69) is 4.98 Å². The predicted octanol–water partition coefficient (Wildman–Crippen LogP) is 4.05. The molecular formula is C21H19NO3. The first-order valence-electron chi connectivity index (χ1n) is 7.99. The van der Waals surface area contributed by atoms with Gasteiger partial charge in [0.15, 0.2) is 5.78 Å². The third-order valence-corrected chi connectivity index (χ3v) is 4.27. The number of rotatable bonds is 4. The van der Waals surface area contributed by atoms with Gasteiger partial charge >= 0.3 is 0 Å². The second-order valence-electron chi connectivity index (χ2n) is 5.98. The summed E-state index contributed by atoms with van der Waals surface area (Å²) in [6.45, 7) is 4.04. The van der Waals surface area contributed by atoms with Crippen molar-refractivity contribution in [1.82, 2.24) is 4.98 Å². The predicted molar refractivity (Wildman–Crippen MR) is 100 cm³/mol. The average molecular weight is 333 g/mol. The monoisotopic (exact) mass is 333 g/mol. The Balaban J connectivity index is 1.98. The number of hydrogen-bond donors (Lipinski definition) is 1. The molecule has 25 heavy (non-hydrogen) atoms. The Bertz CT molecular complexity index is 1040. The van der Waals surface area contributed by atoms with E-state index < -0.39 is 0 Å². The largest absolute Gasteiger partial charge is 0.496 e. The highest BCUT2D eigenvalue weighted by Crippen LogP contribution is 2.20. The molecule has 0 unspecified atom stereocenters. The summed E-state index contributed by atoms with van der Waals surface area (Å²) < 4.78 is 5.20. The Hall–Kier alpha value is -3.14. The van der Waals surface area contributed by atoms with E-state index in [0.717, 1.165) is 22.0 Å². The lowest BCUT2D eigenvalue weighted by molar-refractivity contribution is 0.104. The quantitative estimate of drug-likeness (QED) is 0.579. The topological polar surface area (TPSA) is 59.2 Å². The summed E-state index contributed by atoms with van der Waals surface area (Å²) in [7, 11) is 1.52. The van der Waals surface area contributed by atoms with Gasteiger partial charge in [0, 0.05) is 11.1 Å². The number of para-hydroxylation sites is 1. The number of hydrogen-bond acceptors (Lipinski definition) is 3. The minimum absolute atomic E-state index is 0.211. The molecule has 2 aromatic carbocycles. The van der Waals surface area contributed by atoms with E-state index in [1.54, 1.807) is 36.4 Å². The first-order valence-corrected chi connectivity index (χ1v) is 7.99. The number of fused-ring (bicyclic) bond motifs is 1. The van der Waals surface area contributed by atoms with Crippen molar-refractivity contribution in [3.05, 3.63) is 81.1 Å². The number of aromatic amines is 1. The zero-order chi connectivity index (χ0) is 18.0. The Labute approximate surface area is 145 Å². The maximum Gasteiger partial charge on any atom is 0.255 e. The number of aromatic nitrogens is 1. The Morgan fingerprint density at radius 1 is 1.08 bits per heavy atom.